The van der Waals surface area contributed by atoms with Crippen molar-refractivity contribution in [2.45, 2.75) is 24.4 Å². The van der Waals surface area contributed by atoms with Crippen LogP contribution in [-0.2, 0) is 9.84 Å². The standard InChI is InChI=1S/C6H11O5/c7-1-4-6(10)5(9)3(8)2-11-4/h3-7,9-10H,1-2H2/t3-,4+,5+,6+/m0/s1. The predicted octanol–water partition coefficient (Wildman–Crippen LogP) is -2.10. The van der Waals surface area contributed by atoms with Gasteiger partial charge in [-0.05, 0) is 0 Å². The van der Waals surface area contributed by atoms with E-state index in [0.717, 1.165) is 0 Å². The zero-order chi connectivity index (χ0) is 8.43. The summed E-state index contributed by atoms with van der Waals surface area (Å²) in [6.07, 6.45) is -4.74. The van der Waals surface area contributed by atoms with E-state index in [4.69, 9.17) is 20.1 Å². The van der Waals surface area contributed by atoms with E-state index in [1.165, 1.54) is 0 Å². The molecule has 0 spiro atoms. The molecular weight excluding hydrogens is 152 g/mol. The lowest BCUT2D eigenvalue weighted by Crippen LogP contribution is -2.53. The minimum Gasteiger partial charge on any atom is -0.394 e. The molecular formula is C6H11O5. The topological polar surface area (TPSA) is 89.8 Å². The molecule has 3 N–H and O–H groups in total. The van der Waals surface area contributed by atoms with Crippen LogP contribution in [0.5, 0.6) is 0 Å². The number of rotatable bonds is 1. The van der Waals surface area contributed by atoms with Crippen molar-refractivity contribution in [1.29, 1.82) is 0 Å². The Bertz CT molecular complexity index is 126. The van der Waals surface area contributed by atoms with Crippen molar-refractivity contribution in [2.24, 2.45) is 0 Å². The Morgan fingerprint density at radius 1 is 1.36 bits per heavy atom. The van der Waals surface area contributed by atoms with Gasteiger partial charge in [0, 0.05) is 0 Å². The monoisotopic (exact) mass is 163 g/mol. The minimum absolute atomic E-state index is 0.163. The van der Waals surface area contributed by atoms with Crippen LogP contribution in [-0.4, -0.2) is 52.9 Å². The fourth-order valence-electron chi connectivity index (χ4n) is 1.02. The molecule has 0 saturated carbocycles. The third kappa shape index (κ3) is 1.69. The zero-order valence-corrected chi connectivity index (χ0v) is 5.88. The molecule has 1 radical (unpaired) electrons. The lowest BCUT2D eigenvalue weighted by Gasteiger charge is -2.33. The van der Waals surface area contributed by atoms with Crippen molar-refractivity contribution in [2.75, 3.05) is 13.2 Å². The van der Waals surface area contributed by atoms with Gasteiger partial charge >= 0.3 is 0 Å². The van der Waals surface area contributed by atoms with Crippen LogP contribution in [0.1, 0.15) is 0 Å². The Hall–Kier alpha value is -0.200. The van der Waals surface area contributed by atoms with Gasteiger partial charge in [-0.25, -0.2) is 5.11 Å². The average molecular weight is 163 g/mol. The summed E-state index contributed by atoms with van der Waals surface area (Å²) in [5.41, 5.74) is 0. The summed E-state index contributed by atoms with van der Waals surface area (Å²) < 4.78 is 4.75. The number of ether oxygens (including phenoxy) is 1. The van der Waals surface area contributed by atoms with Gasteiger partial charge in [0.25, 0.3) is 0 Å². The van der Waals surface area contributed by atoms with Gasteiger partial charge in [-0.15, -0.1) is 0 Å². The summed E-state index contributed by atoms with van der Waals surface area (Å²) >= 11 is 0. The fourth-order valence-corrected chi connectivity index (χ4v) is 1.02. The maximum Gasteiger partial charge on any atom is 0.145 e. The molecule has 11 heavy (non-hydrogen) atoms. The smallest absolute Gasteiger partial charge is 0.145 e. The number of aliphatic hydroxyl groups is 3. The number of hydrogen-bond donors (Lipinski definition) is 3. The third-order valence-electron chi connectivity index (χ3n) is 1.77. The summed E-state index contributed by atoms with van der Waals surface area (Å²) in [7, 11) is 0. The Morgan fingerprint density at radius 2 is 2.00 bits per heavy atom. The van der Waals surface area contributed by atoms with Gasteiger partial charge in [-0.1, -0.05) is 0 Å². The van der Waals surface area contributed by atoms with Crippen LogP contribution >= 0.6 is 0 Å². The summed E-state index contributed by atoms with van der Waals surface area (Å²) in [5, 5.41) is 37.4. The maximum absolute atomic E-state index is 10.7. The molecule has 0 aromatic carbocycles. The van der Waals surface area contributed by atoms with Crippen molar-refractivity contribution in [1.82, 2.24) is 0 Å². The van der Waals surface area contributed by atoms with Crippen LogP contribution in [0.2, 0.25) is 0 Å². The second kappa shape index (κ2) is 3.46. The average Bonchev–Trinajstić information content (AvgIpc) is 2.01. The van der Waals surface area contributed by atoms with Gasteiger partial charge in [0.15, 0.2) is 0 Å². The maximum atomic E-state index is 10.7. The Labute approximate surface area is 63.8 Å². The van der Waals surface area contributed by atoms with Crippen LogP contribution in [0.3, 0.4) is 0 Å². The molecule has 5 heteroatoms. The van der Waals surface area contributed by atoms with Crippen LogP contribution in [0.25, 0.3) is 0 Å². The van der Waals surface area contributed by atoms with E-state index in [1.807, 2.05) is 0 Å². The predicted molar refractivity (Wildman–Crippen MR) is 33.3 cm³/mol. The second-order valence-electron chi connectivity index (χ2n) is 2.57. The zero-order valence-electron chi connectivity index (χ0n) is 5.88. The minimum atomic E-state index is -1.33. The summed E-state index contributed by atoms with van der Waals surface area (Å²) in [5.74, 6) is 0. The van der Waals surface area contributed by atoms with E-state index in [0.29, 0.717) is 0 Å². The molecule has 0 bridgehead atoms. The number of aliphatic hydroxyl groups excluding tert-OH is 3. The van der Waals surface area contributed by atoms with Crippen molar-refractivity contribution in [3.05, 3.63) is 0 Å². The molecule has 0 aromatic rings. The third-order valence-corrected chi connectivity index (χ3v) is 1.77. The van der Waals surface area contributed by atoms with Crippen LogP contribution in [0.15, 0.2) is 0 Å². The highest BCUT2D eigenvalue weighted by Gasteiger charge is 2.37. The van der Waals surface area contributed by atoms with Gasteiger partial charge in [0.05, 0.1) is 13.2 Å². The molecule has 1 saturated heterocycles. The molecule has 1 heterocycles. The fraction of sp³-hybridized carbons (Fsp3) is 1.00. The van der Waals surface area contributed by atoms with Crippen LogP contribution < -0.4 is 0 Å². The van der Waals surface area contributed by atoms with Crippen molar-refractivity contribution in [3.63, 3.8) is 0 Å². The van der Waals surface area contributed by atoms with Crippen LogP contribution in [0.4, 0.5) is 0 Å². The molecule has 5 nitrogen and oxygen atoms in total. The van der Waals surface area contributed by atoms with E-state index in [9.17, 15) is 5.11 Å². The molecule has 1 aliphatic heterocycles. The van der Waals surface area contributed by atoms with E-state index in [1.54, 1.807) is 0 Å². The first-order valence-corrected chi connectivity index (χ1v) is 3.41. The first kappa shape index (κ1) is 8.89. The highest BCUT2D eigenvalue weighted by Crippen LogP contribution is 2.14. The Kier molecular flexibility index (Phi) is 2.80. The van der Waals surface area contributed by atoms with Crippen LogP contribution in [0, 0.1) is 0 Å². The van der Waals surface area contributed by atoms with E-state index in [-0.39, 0.29) is 13.2 Å². The molecule has 1 aliphatic rings. The molecule has 65 valence electrons. The highest BCUT2D eigenvalue weighted by atomic mass is 16.5. The first-order valence-electron chi connectivity index (χ1n) is 3.41. The molecule has 4 atom stereocenters. The number of hydrogen-bond acceptors (Lipinski definition) is 4. The summed E-state index contributed by atoms with van der Waals surface area (Å²) in [6, 6.07) is 0. The lowest BCUT2D eigenvalue weighted by atomic mass is 10.0. The van der Waals surface area contributed by atoms with E-state index >= 15 is 0 Å². The van der Waals surface area contributed by atoms with Gasteiger partial charge in [0.1, 0.15) is 24.4 Å². The van der Waals surface area contributed by atoms with E-state index in [2.05, 4.69) is 0 Å². The van der Waals surface area contributed by atoms with E-state index < -0.39 is 24.4 Å². The highest BCUT2D eigenvalue weighted by molar-refractivity contribution is 4.85. The molecule has 1 rings (SSSR count). The largest absolute Gasteiger partial charge is 0.394 e. The molecule has 0 unspecified atom stereocenters. The normalized spacial score (nSPS) is 45.8. The lowest BCUT2D eigenvalue weighted by molar-refractivity contribution is -0.208. The van der Waals surface area contributed by atoms with Crippen molar-refractivity contribution >= 4 is 0 Å². The Balaban J connectivity index is 2.52. The van der Waals surface area contributed by atoms with Gasteiger partial charge in [-0.3, -0.25) is 0 Å². The molecule has 0 aromatic heterocycles. The summed E-state index contributed by atoms with van der Waals surface area (Å²) in [6.45, 7) is -0.547. The SMILES string of the molecule is [O][C@H]1CO[C@H](CO)[C@@H](O)[C@@H]1O. The molecule has 0 amide bonds. The first-order chi connectivity index (χ1) is 5.16. The van der Waals surface area contributed by atoms with Gasteiger partial charge in [0.2, 0.25) is 0 Å². The quantitative estimate of drug-likeness (QED) is 0.413. The van der Waals surface area contributed by atoms with Crippen molar-refractivity contribution in [3.8, 4) is 0 Å². The Morgan fingerprint density at radius 3 is 2.55 bits per heavy atom. The molecule has 0 aliphatic carbocycles. The molecule has 1 fully saturated rings. The van der Waals surface area contributed by atoms with Crippen molar-refractivity contribution < 1.29 is 25.2 Å². The van der Waals surface area contributed by atoms with Gasteiger partial charge < -0.3 is 20.1 Å². The van der Waals surface area contributed by atoms with Gasteiger partial charge in [-0.2, -0.15) is 0 Å². The summed E-state index contributed by atoms with van der Waals surface area (Å²) in [4.78, 5) is 0. The second-order valence-corrected chi connectivity index (χ2v) is 2.57.